The van der Waals surface area contributed by atoms with E-state index in [1.807, 2.05) is 0 Å². The molecule has 1 spiro atoms. The molecule has 0 aromatic carbocycles. The Balaban J connectivity index is 0.943. The van der Waals surface area contributed by atoms with E-state index in [-0.39, 0.29) is 35.1 Å². The van der Waals surface area contributed by atoms with Gasteiger partial charge in [-0.2, -0.15) is 0 Å². The van der Waals surface area contributed by atoms with Crippen molar-refractivity contribution in [1.29, 1.82) is 0 Å². The van der Waals surface area contributed by atoms with Crippen LogP contribution < -0.4 is 0 Å². The third-order valence-corrected chi connectivity index (χ3v) is 17.2. The highest BCUT2D eigenvalue weighted by Gasteiger charge is 2.70. The fourth-order valence-electron chi connectivity index (χ4n) is 13.8. The van der Waals surface area contributed by atoms with E-state index in [2.05, 4.69) is 34.6 Å². The van der Waals surface area contributed by atoms with E-state index in [1.54, 1.807) is 0 Å². The Morgan fingerprint density at radius 1 is 0.722 bits per heavy atom. The number of aliphatic hydroxyl groups is 7. The van der Waals surface area contributed by atoms with Crippen LogP contribution in [0.5, 0.6) is 0 Å². The van der Waals surface area contributed by atoms with E-state index >= 15 is 0 Å². The molecule has 8 rings (SSSR count). The molecule has 7 N–H and O–H groups in total. The van der Waals surface area contributed by atoms with Crippen molar-refractivity contribution >= 4 is 0 Å². The number of fused-ring (bicyclic) bond motifs is 7. The van der Waals surface area contributed by atoms with Gasteiger partial charge in [-0.1, -0.05) is 34.6 Å². The minimum atomic E-state index is -1.57. The van der Waals surface area contributed by atoms with Crippen LogP contribution in [0, 0.1) is 51.8 Å². The van der Waals surface area contributed by atoms with Gasteiger partial charge in [-0.15, -0.1) is 0 Å². The largest absolute Gasteiger partial charge is 0.394 e. The van der Waals surface area contributed by atoms with Crippen LogP contribution in [0.25, 0.3) is 0 Å². The van der Waals surface area contributed by atoms with Crippen molar-refractivity contribution in [2.45, 2.75) is 178 Å². The van der Waals surface area contributed by atoms with Crippen molar-refractivity contribution in [2.75, 3.05) is 26.4 Å². The fourth-order valence-corrected chi connectivity index (χ4v) is 13.8. The molecule has 13 heteroatoms. The molecule has 22 atom stereocenters. The molecule has 0 aromatic heterocycles. The molecule has 310 valence electrons. The summed E-state index contributed by atoms with van der Waals surface area (Å²) in [6.45, 7) is 11.6. The SMILES string of the molecule is CC1CCC2(OC1)OC1CC3C4CCC5(C)CC(OC6OC(CO)C(O)C(O)C6OCC6OC(CO)C(O)C(O)C6O)CCC5(C)C4CCC3(C)C1C2C. The van der Waals surface area contributed by atoms with Gasteiger partial charge in [0, 0.05) is 12.3 Å². The lowest BCUT2D eigenvalue weighted by atomic mass is 9.40. The summed E-state index contributed by atoms with van der Waals surface area (Å²) in [6.07, 6.45) is -2.53. The molecule has 0 amide bonds. The van der Waals surface area contributed by atoms with Gasteiger partial charge in [0.2, 0.25) is 0 Å². The maximum absolute atomic E-state index is 11.2. The van der Waals surface area contributed by atoms with Gasteiger partial charge in [-0.3, -0.25) is 0 Å². The third-order valence-electron chi connectivity index (χ3n) is 17.2. The molecular formula is C41H68O13. The molecule has 22 unspecified atom stereocenters. The second-order valence-electron chi connectivity index (χ2n) is 19.8. The smallest absolute Gasteiger partial charge is 0.187 e. The highest BCUT2D eigenvalue weighted by molar-refractivity contribution is 5.17. The Bertz CT molecular complexity index is 1330. The Kier molecular flexibility index (Phi) is 10.9. The van der Waals surface area contributed by atoms with Crippen molar-refractivity contribution in [3.8, 4) is 0 Å². The summed E-state index contributed by atoms with van der Waals surface area (Å²) in [7, 11) is 0. The van der Waals surface area contributed by atoms with Crippen LogP contribution in [-0.4, -0.2) is 141 Å². The van der Waals surface area contributed by atoms with E-state index in [1.165, 1.54) is 25.7 Å². The molecule has 4 aliphatic heterocycles. The second kappa shape index (κ2) is 14.6. The summed E-state index contributed by atoms with van der Waals surface area (Å²) in [4.78, 5) is 0. The van der Waals surface area contributed by atoms with Crippen molar-refractivity contribution in [3.05, 3.63) is 0 Å². The van der Waals surface area contributed by atoms with Crippen LogP contribution >= 0.6 is 0 Å². The monoisotopic (exact) mass is 768 g/mol. The van der Waals surface area contributed by atoms with Gasteiger partial charge < -0.3 is 64.2 Å². The molecule has 54 heavy (non-hydrogen) atoms. The zero-order valence-corrected chi connectivity index (χ0v) is 32.9. The van der Waals surface area contributed by atoms with Crippen molar-refractivity contribution < 1.29 is 64.2 Å². The number of hydrogen-bond donors (Lipinski definition) is 7. The Hall–Kier alpha value is -0.520. The molecule has 8 fully saturated rings. The van der Waals surface area contributed by atoms with E-state index in [9.17, 15) is 35.7 Å². The minimum Gasteiger partial charge on any atom is -0.394 e. The molecule has 4 saturated heterocycles. The molecule has 0 aromatic rings. The Morgan fingerprint density at radius 2 is 1.43 bits per heavy atom. The van der Waals surface area contributed by atoms with Crippen LogP contribution in [0.15, 0.2) is 0 Å². The number of aliphatic hydroxyl groups excluding tert-OH is 7. The van der Waals surface area contributed by atoms with Gasteiger partial charge in [0.15, 0.2) is 12.1 Å². The number of hydrogen-bond acceptors (Lipinski definition) is 13. The zero-order valence-electron chi connectivity index (χ0n) is 32.9. The number of ether oxygens (including phenoxy) is 6. The highest BCUT2D eigenvalue weighted by Crippen LogP contribution is 2.73. The maximum Gasteiger partial charge on any atom is 0.187 e. The average Bonchev–Trinajstić information content (AvgIpc) is 3.60. The van der Waals surface area contributed by atoms with E-state index in [0.717, 1.165) is 45.1 Å². The van der Waals surface area contributed by atoms with Crippen LogP contribution in [0.2, 0.25) is 0 Å². The lowest BCUT2D eigenvalue weighted by molar-refractivity contribution is -0.332. The first-order valence-electron chi connectivity index (χ1n) is 21.1. The predicted molar refractivity (Wildman–Crippen MR) is 192 cm³/mol. The zero-order chi connectivity index (χ0) is 38.5. The molecule has 4 saturated carbocycles. The highest BCUT2D eigenvalue weighted by atomic mass is 16.7. The summed E-state index contributed by atoms with van der Waals surface area (Å²) >= 11 is 0. The third kappa shape index (κ3) is 6.20. The van der Waals surface area contributed by atoms with Gasteiger partial charge >= 0.3 is 0 Å². The van der Waals surface area contributed by atoms with Crippen LogP contribution in [0.3, 0.4) is 0 Å². The standard InChI is InChI=1S/C41H68O13/c1-20-6-13-41(50-18-20)21(2)30-26(54-41)14-25-23-8-10-38(3)15-22(7-12-40(38,5)24(23)9-11-39(25,30)4)51-37-36(35(48)32(45)28(17-43)53-37)49-19-29-33(46)34(47)31(44)27(16-42)52-29/h20-37,42-48H,6-19H2,1-5H3. The summed E-state index contributed by atoms with van der Waals surface area (Å²) < 4.78 is 37.9. The second-order valence-corrected chi connectivity index (χ2v) is 19.8. The quantitative estimate of drug-likeness (QED) is 0.186. The van der Waals surface area contributed by atoms with E-state index in [4.69, 9.17) is 28.4 Å². The van der Waals surface area contributed by atoms with Crippen molar-refractivity contribution in [1.82, 2.24) is 0 Å². The first-order valence-corrected chi connectivity index (χ1v) is 21.1. The van der Waals surface area contributed by atoms with Crippen molar-refractivity contribution in [2.24, 2.45) is 51.8 Å². The average molecular weight is 769 g/mol. The first-order chi connectivity index (χ1) is 25.6. The summed E-state index contributed by atoms with van der Waals surface area (Å²) in [5.41, 5.74) is 0.389. The van der Waals surface area contributed by atoms with Crippen LogP contribution in [-0.2, 0) is 28.4 Å². The summed E-state index contributed by atoms with van der Waals surface area (Å²) in [6, 6.07) is 0. The molecule has 4 heterocycles. The predicted octanol–water partition coefficient (Wildman–Crippen LogP) is 1.87. The molecule has 0 bridgehead atoms. The van der Waals surface area contributed by atoms with Gasteiger partial charge in [-0.05, 0) is 104 Å². The topological polar surface area (TPSA) is 197 Å². The molecule has 8 aliphatic rings. The van der Waals surface area contributed by atoms with Gasteiger partial charge in [0.1, 0.15) is 54.9 Å². The summed E-state index contributed by atoms with van der Waals surface area (Å²) in [5, 5.41) is 72.6. The molecular weight excluding hydrogens is 700 g/mol. The maximum atomic E-state index is 11.2. The van der Waals surface area contributed by atoms with Gasteiger partial charge in [0.25, 0.3) is 0 Å². The first kappa shape index (κ1) is 40.3. The van der Waals surface area contributed by atoms with Gasteiger partial charge in [-0.25, -0.2) is 0 Å². The summed E-state index contributed by atoms with van der Waals surface area (Å²) in [5.74, 6) is 3.04. The lowest BCUT2D eigenvalue weighted by Gasteiger charge is -2.65. The van der Waals surface area contributed by atoms with E-state index < -0.39 is 80.2 Å². The molecule has 0 radical (unpaired) electrons. The Morgan fingerprint density at radius 3 is 2.13 bits per heavy atom. The minimum absolute atomic E-state index is 0.00956. The van der Waals surface area contributed by atoms with Gasteiger partial charge in [0.05, 0.1) is 38.6 Å². The molecule has 4 aliphatic carbocycles. The van der Waals surface area contributed by atoms with Crippen LogP contribution in [0.4, 0.5) is 0 Å². The van der Waals surface area contributed by atoms with Crippen LogP contribution in [0.1, 0.15) is 98.8 Å². The molecule has 13 nitrogen and oxygen atoms in total. The lowest BCUT2D eigenvalue weighted by Crippen LogP contribution is -2.63. The van der Waals surface area contributed by atoms with E-state index in [0.29, 0.717) is 35.5 Å². The van der Waals surface area contributed by atoms with Crippen molar-refractivity contribution in [3.63, 3.8) is 0 Å². The Labute approximate surface area is 320 Å². The number of rotatable bonds is 7. The fraction of sp³-hybridized carbons (Fsp3) is 1.00. The normalized spacial score (nSPS) is 58.7.